The number of aromatic nitrogens is 1. The van der Waals surface area contributed by atoms with Crippen molar-refractivity contribution in [2.75, 3.05) is 6.54 Å². The van der Waals surface area contributed by atoms with E-state index in [-0.39, 0.29) is 6.10 Å². The lowest BCUT2D eigenvalue weighted by Crippen LogP contribution is -2.18. The van der Waals surface area contributed by atoms with E-state index in [0.29, 0.717) is 6.54 Å². The molecule has 0 saturated carbocycles. The fourth-order valence-corrected chi connectivity index (χ4v) is 2.78. The number of nitrogens with zero attached hydrogens (tertiary/aromatic N) is 1. The van der Waals surface area contributed by atoms with Crippen LogP contribution in [0.5, 0.6) is 5.75 Å². The molecule has 1 heterocycles. The second-order valence-electron chi connectivity index (χ2n) is 5.26. The van der Waals surface area contributed by atoms with Gasteiger partial charge in [-0.25, -0.2) is 0 Å². The smallest absolute Gasteiger partial charge is 0.136 e. The molecule has 2 aromatic rings. The van der Waals surface area contributed by atoms with Gasteiger partial charge in [-0.05, 0) is 66.6 Å². The third-order valence-corrected chi connectivity index (χ3v) is 3.89. The Labute approximate surface area is 119 Å². The van der Waals surface area contributed by atoms with Crippen molar-refractivity contribution in [1.82, 2.24) is 4.98 Å². The fraction of sp³-hybridized carbons (Fsp3) is 0.353. The molecule has 1 aromatic heterocycles. The zero-order valence-electron chi connectivity index (χ0n) is 11.6. The van der Waals surface area contributed by atoms with Crippen molar-refractivity contribution in [3.63, 3.8) is 0 Å². The molecule has 0 spiro atoms. The van der Waals surface area contributed by atoms with Crippen LogP contribution in [0.25, 0.3) is 0 Å². The minimum Gasteiger partial charge on any atom is -0.484 e. The van der Waals surface area contributed by atoms with E-state index in [1.807, 2.05) is 12.1 Å². The first kappa shape index (κ1) is 13.1. The molecule has 3 heteroatoms. The third-order valence-electron chi connectivity index (χ3n) is 3.89. The first-order valence-corrected chi connectivity index (χ1v) is 7.25. The van der Waals surface area contributed by atoms with Crippen molar-refractivity contribution >= 4 is 0 Å². The highest BCUT2D eigenvalue weighted by Crippen LogP contribution is 2.28. The summed E-state index contributed by atoms with van der Waals surface area (Å²) in [5.74, 6) is 0.915. The highest BCUT2D eigenvalue weighted by molar-refractivity contribution is 5.37. The number of aryl methyl sites for hydroxylation is 2. The summed E-state index contributed by atoms with van der Waals surface area (Å²) >= 11 is 0. The number of rotatable bonds is 4. The normalized spacial score (nSPS) is 15.4. The Morgan fingerprint density at radius 1 is 1.05 bits per heavy atom. The molecule has 1 unspecified atom stereocenters. The largest absolute Gasteiger partial charge is 0.484 e. The monoisotopic (exact) mass is 268 g/mol. The van der Waals surface area contributed by atoms with Gasteiger partial charge in [0.25, 0.3) is 0 Å². The molecule has 104 valence electrons. The number of pyridine rings is 1. The number of hydrogen-bond acceptors (Lipinski definition) is 3. The maximum atomic E-state index is 6.06. The Bertz CT molecular complexity index is 568. The molecule has 1 aliphatic carbocycles. The number of ether oxygens (including phenoxy) is 1. The summed E-state index contributed by atoms with van der Waals surface area (Å²) in [5.41, 5.74) is 9.81. The van der Waals surface area contributed by atoms with Crippen molar-refractivity contribution < 1.29 is 4.74 Å². The molecule has 2 N–H and O–H groups in total. The lowest BCUT2D eigenvalue weighted by Gasteiger charge is -2.21. The predicted octanol–water partition coefficient (Wildman–Crippen LogP) is 3.04. The van der Waals surface area contributed by atoms with E-state index < -0.39 is 0 Å². The van der Waals surface area contributed by atoms with Gasteiger partial charge in [-0.1, -0.05) is 6.07 Å². The summed E-state index contributed by atoms with van der Waals surface area (Å²) in [6.45, 7) is 0.459. The van der Waals surface area contributed by atoms with Gasteiger partial charge in [0.05, 0.1) is 0 Å². The summed E-state index contributed by atoms with van der Waals surface area (Å²) in [6.07, 6.45) is 8.37. The summed E-state index contributed by atoms with van der Waals surface area (Å²) in [5, 5.41) is 0. The van der Waals surface area contributed by atoms with Crippen molar-refractivity contribution in [3.8, 4) is 5.75 Å². The van der Waals surface area contributed by atoms with Crippen LogP contribution in [-0.4, -0.2) is 11.5 Å². The SMILES string of the molecule is NCC(Oc1ccc2c(c1)CCCC2)c1ccncc1. The third kappa shape index (κ3) is 2.83. The van der Waals surface area contributed by atoms with Crippen molar-refractivity contribution in [2.45, 2.75) is 31.8 Å². The van der Waals surface area contributed by atoms with E-state index in [0.717, 1.165) is 17.7 Å². The molecule has 0 bridgehead atoms. The fourth-order valence-electron chi connectivity index (χ4n) is 2.78. The van der Waals surface area contributed by atoms with Crippen LogP contribution in [-0.2, 0) is 12.8 Å². The molecule has 0 saturated heterocycles. The molecular formula is C17H20N2O. The first-order chi connectivity index (χ1) is 9.86. The zero-order valence-corrected chi connectivity index (χ0v) is 11.6. The quantitative estimate of drug-likeness (QED) is 0.927. The van der Waals surface area contributed by atoms with Crippen molar-refractivity contribution in [1.29, 1.82) is 0 Å². The van der Waals surface area contributed by atoms with Gasteiger partial charge >= 0.3 is 0 Å². The summed E-state index contributed by atoms with van der Waals surface area (Å²) in [6, 6.07) is 10.3. The zero-order chi connectivity index (χ0) is 13.8. The van der Waals surface area contributed by atoms with Crippen LogP contribution in [0.1, 0.15) is 35.6 Å². The molecule has 1 atom stereocenters. The molecule has 1 aliphatic rings. The van der Waals surface area contributed by atoms with Crippen LogP contribution in [0, 0.1) is 0 Å². The second-order valence-corrected chi connectivity index (χ2v) is 5.26. The number of nitrogens with two attached hydrogens (primary N) is 1. The number of benzene rings is 1. The highest BCUT2D eigenvalue weighted by atomic mass is 16.5. The van der Waals surface area contributed by atoms with E-state index in [1.54, 1.807) is 12.4 Å². The van der Waals surface area contributed by atoms with Gasteiger partial charge in [-0.3, -0.25) is 4.98 Å². The molecule has 0 radical (unpaired) electrons. The van der Waals surface area contributed by atoms with Crippen LogP contribution in [0.2, 0.25) is 0 Å². The average molecular weight is 268 g/mol. The minimum absolute atomic E-state index is 0.111. The molecule has 3 nitrogen and oxygen atoms in total. The van der Waals surface area contributed by atoms with Crippen LogP contribution < -0.4 is 10.5 Å². The van der Waals surface area contributed by atoms with E-state index in [1.165, 1.54) is 30.4 Å². The lowest BCUT2D eigenvalue weighted by molar-refractivity contribution is 0.214. The van der Waals surface area contributed by atoms with E-state index >= 15 is 0 Å². The van der Waals surface area contributed by atoms with Gasteiger partial charge in [0.1, 0.15) is 11.9 Å². The maximum Gasteiger partial charge on any atom is 0.136 e. The van der Waals surface area contributed by atoms with Crippen molar-refractivity contribution in [2.24, 2.45) is 5.73 Å². The first-order valence-electron chi connectivity index (χ1n) is 7.25. The molecule has 0 aliphatic heterocycles. The Morgan fingerprint density at radius 2 is 1.80 bits per heavy atom. The molecule has 20 heavy (non-hydrogen) atoms. The maximum absolute atomic E-state index is 6.06. The Kier molecular flexibility index (Phi) is 3.97. The molecule has 3 rings (SSSR count). The number of fused-ring (bicyclic) bond motifs is 1. The molecule has 1 aromatic carbocycles. The van der Waals surface area contributed by atoms with Crippen molar-refractivity contribution in [3.05, 3.63) is 59.4 Å². The Morgan fingerprint density at radius 3 is 2.55 bits per heavy atom. The van der Waals surface area contributed by atoms with Crippen LogP contribution in [0.4, 0.5) is 0 Å². The highest BCUT2D eigenvalue weighted by Gasteiger charge is 2.14. The van der Waals surface area contributed by atoms with Gasteiger partial charge in [0.15, 0.2) is 0 Å². The predicted molar refractivity (Wildman–Crippen MR) is 79.7 cm³/mol. The van der Waals surface area contributed by atoms with E-state index in [9.17, 15) is 0 Å². The van der Waals surface area contributed by atoms with Crippen LogP contribution >= 0.6 is 0 Å². The lowest BCUT2D eigenvalue weighted by atomic mass is 9.92. The summed E-state index contributed by atoms with van der Waals surface area (Å²) in [4.78, 5) is 4.03. The Balaban J connectivity index is 1.79. The van der Waals surface area contributed by atoms with Crippen LogP contribution in [0.15, 0.2) is 42.7 Å². The summed E-state index contributed by atoms with van der Waals surface area (Å²) in [7, 11) is 0. The molecular weight excluding hydrogens is 248 g/mol. The van der Waals surface area contributed by atoms with E-state index in [2.05, 4.69) is 23.2 Å². The topological polar surface area (TPSA) is 48.1 Å². The van der Waals surface area contributed by atoms with Gasteiger partial charge < -0.3 is 10.5 Å². The standard InChI is InChI=1S/C17H20N2O/c18-12-17(14-7-9-19-10-8-14)20-16-6-5-13-3-1-2-4-15(13)11-16/h5-11,17H,1-4,12,18H2. The minimum atomic E-state index is -0.111. The molecule has 0 fully saturated rings. The van der Waals surface area contributed by atoms with Gasteiger partial charge in [-0.2, -0.15) is 0 Å². The average Bonchev–Trinajstić information content (AvgIpc) is 2.53. The Hall–Kier alpha value is -1.87. The number of hydrogen-bond donors (Lipinski definition) is 1. The van der Waals surface area contributed by atoms with Gasteiger partial charge in [0, 0.05) is 18.9 Å². The van der Waals surface area contributed by atoms with Gasteiger partial charge in [0.2, 0.25) is 0 Å². The molecule has 0 amide bonds. The van der Waals surface area contributed by atoms with E-state index in [4.69, 9.17) is 10.5 Å². The van der Waals surface area contributed by atoms with Crippen LogP contribution in [0.3, 0.4) is 0 Å². The summed E-state index contributed by atoms with van der Waals surface area (Å²) < 4.78 is 6.06. The van der Waals surface area contributed by atoms with Gasteiger partial charge in [-0.15, -0.1) is 0 Å². The second kappa shape index (κ2) is 6.06.